The first-order valence-corrected chi connectivity index (χ1v) is 13.4. The fraction of sp³-hybridized carbons (Fsp3) is 0.269. The molecule has 2 aromatic carbocycles. The Morgan fingerprint density at radius 2 is 1.66 bits per heavy atom. The lowest BCUT2D eigenvalue weighted by Gasteiger charge is -2.17. The standard InChI is InChI=1S/C26H27N5O6S/c1-31-10-11-34-12-13-35-14-15-36-23-5-3-2-4-20(23)21-16-24(37-30-21)25-26(27)28-17-22(29-25)18-6-8-19(9-7-18)38(31,32)33/h2-9,16-17H,10-15H2,1H3,(H2,27,28). The molecule has 0 radical (unpaired) electrons. The van der Waals surface area contributed by atoms with Crippen LogP contribution in [-0.4, -0.2) is 74.5 Å². The van der Waals surface area contributed by atoms with Crippen molar-refractivity contribution in [1.82, 2.24) is 19.4 Å². The van der Waals surface area contributed by atoms with E-state index < -0.39 is 10.0 Å². The molecule has 0 spiro atoms. The van der Waals surface area contributed by atoms with Gasteiger partial charge < -0.3 is 24.5 Å². The van der Waals surface area contributed by atoms with Gasteiger partial charge in [-0.15, -0.1) is 0 Å². The Balaban J connectivity index is 1.51. The third kappa shape index (κ3) is 5.53. The third-order valence-corrected chi connectivity index (χ3v) is 7.84. The van der Waals surface area contributed by atoms with E-state index in [0.29, 0.717) is 60.6 Å². The summed E-state index contributed by atoms with van der Waals surface area (Å²) in [7, 11) is -2.17. The topological polar surface area (TPSA) is 143 Å². The SMILES string of the molecule is CN1CCOCCOCCOc2ccccc2-c2cc(on2)-c2nc(cnc2N)-c2ccc(cc2)S1(=O)=O. The molecule has 0 unspecified atom stereocenters. The van der Waals surface area contributed by atoms with Gasteiger partial charge in [0.1, 0.15) is 18.1 Å². The Morgan fingerprint density at radius 3 is 2.47 bits per heavy atom. The summed E-state index contributed by atoms with van der Waals surface area (Å²) in [4.78, 5) is 9.06. The third-order valence-electron chi connectivity index (χ3n) is 5.97. The van der Waals surface area contributed by atoms with Crippen LogP contribution < -0.4 is 10.5 Å². The minimum absolute atomic E-state index is 0.160. The maximum absolute atomic E-state index is 13.0. The maximum atomic E-state index is 13.0. The number of rotatable bonds is 0. The van der Waals surface area contributed by atoms with Crippen LogP contribution in [0.1, 0.15) is 0 Å². The van der Waals surface area contributed by atoms with Gasteiger partial charge >= 0.3 is 0 Å². The number of anilines is 1. The van der Waals surface area contributed by atoms with E-state index in [0.717, 1.165) is 5.56 Å². The van der Waals surface area contributed by atoms with Gasteiger partial charge in [-0.3, -0.25) is 0 Å². The van der Waals surface area contributed by atoms with Crippen LogP contribution in [0, 0.1) is 0 Å². The normalized spacial score (nSPS) is 16.9. The number of ether oxygens (including phenoxy) is 3. The molecule has 2 aliphatic heterocycles. The van der Waals surface area contributed by atoms with E-state index in [1.54, 1.807) is 18.2 Å². The Bertz CT molecular complexity index is 1510. The number of sulfonamides is 1. The summed E-state index contributed by atoms with van der Waals surface area (Å²) in [5.74, 6) is 1.14. The Labute approximate surface area is 220 Å². The predicted octanol–water partition coefficient (Wildman–Crippen LogP) is 3.09. The Hall–Kier alpha value is -3.84. The van der Waals surface area contributed by atoms with Crippen molar-refractivity contribution in [3.63, 3.8) is 0 Å². The van der Waals surface area contributed by atoms with Crippen molar-refractivity contribution in [3.8, 4) is 39.7 Å². The Kier molecular flexibility index (Phi) is 7.65. The molecule has 198 valence electrons. The van der Waals surface area contributed by atoms with E-state index in [1.807, 2.05) is 24.3 Å². The zero-order valence-electron chi connectivity index (χ0n) is 20.7. The zero-order valence-corrected chi connectivity index (χ0v) is 21.6. The molecule has 2 aliphatic rings. The number of hydrogen-bond acceptors (Lipinski definition) is 10. The van der Waals surface area contributed by atoms with Crippen molar-refractivity contribution in [3.05, 3.63) is 60.8 Å². The lowest BCUT2D eigenvalue weighted by atomic mass is 10.1. The summed E-state index contributed by atoms with van der Waals surface area (Å²) in [6.45, 7) is 1.81. The fourth-order valence-electron chi connectivity index (χ4n) is 3.86. The van der Waals surface area contributed by atoms with Crippen molar-refractivity contribution < 1.29 is 27.2 Å². The van der Waals surface area contributed by atoms with Crippen LogP contribution in [0.3, 0.4) is 0 Å². The molecule has 6 bridgehead atoms. The van der Waals surface area contributed by atoms with Gasteiger partial charge in [0.2, 0.25) is 10.0 Å². The number of nitrogens with zero attached hydrogens (tertiary/aromatic N) is 4. The Morgan fingerprint density at radius 1 is 0.921 bits per heavy atom. The zero-order chi connectivity index (χ0) is 26.5. The average Bonchev–Trinajstić information content (AvgIpc) is 3.42. The van der Waals surface area contributed by atoms with Gasteiger partial charge in [0.15, 0.2) is 17.3 Å². The molecule has 0 saturated heterocycles. The van der Waals surface area contributed by atoms with Crippen LogP contribution in [-0.2, 0) is 19.5 Å². The van der Waals surface area contributed by atoms with E-state index in [9.17, 15) is 8.42 Å². The predicted molar refractivity (Wildman–Crippen MR) is 140 cm³/mol. The van der Waals surface area contributed by atoms with Crippen molar-refractivity contribution in [2.45, 2.75) is 4.90 Å². The number of likely N-dealkylation sites (N-methyl/N-ethyl adjacent to an activating group) is 1. The van der Waals surface area contributed by atoms with Gasteiger partial charge in [0.05, 0.1) is 43.2 Å². The van der Waals surface area contributed by atoms with E-state index >= 15 is 0 Å². The number of fused-ring (bicyclic) bond motifs is 12. The van der Waals surface area contributed by atoms with Crippen molar-refractivity contribution >= 4 is 15.8 Å². The highest BCUT2D eigenvalue weighted by atomic mass is 32.2. The van der Waals surface area contributed by atoms with E-state index in [-0.39, 0.29) is 23.9 Å². The molecule has 6 rings (SSSR count). The summed E-state index contributed by atoms with van der Waals surface area (Å²) in [5, 5.41) is 4.20. The molecule has 0 atom stereocenters. The first-order chi connectivity index (χ1) is 18.4. The second-order valence-electron chi connectivity index (χ2n) is 8.49. The lowest BCUT2D eigenvalue weighted by molar-refractivity contribution is 0.0347. The number of nitrogen functional groups attached to an aromatic ring is 1. The number of para-hydroxylation sites is 1. The number of benzene rings is 2. The molecule has 0 fully saturated rings. The minimum atomic E-state index is -3.69. The van der Waals surface area contributed by atoms with Gasteiger partial charge in [-0.25, -0.2) is 18.4 Å². The monoisotopic (exact) mass is 537 g/mol. The summed E-state index contributed by atoms with van der Waals surface area (Å²) in [5.41, 5.74) is 8.91. The van der Waals surface area contributed by atoms with Gasteiger partial charge in [-0.1, -0.05) is 29.4 Å². The fourth-order valence-corrected chi connectivity index (χ4v) is 5.01. The summed E-state index contributed by atoms with van der Waals surface area (Å²) in [6.07, 6.45) is 1.52. The number of hydrogen-bond donors (Lipinski definition) is 1. The highest BCUT2D eigenvalue weighted by molar-refractivity contribution is 7.89. The van der Waals surface area contributed by atoms with Crippen LogP contribution in [0.2, 0.25) is 0 Å². The second-order valence-corrected chi connectivity index (χ2v) is 10.5. The van der Waals surface area contributed by atoms with Crippen LogP contribution >= 0.6 is 0 Å². The smallest absolute Gasteiger partial charge is 0.242 e. The van der Waals surface area contributed by atoms with Gasteiger partial charge in [-0.05, 0) is 24.3 Å². The molecule has 0 saturated carbocycles. The molecule has 2 aromatic heterocycles. The minimum Gasteiger partial charge on any atom is -0.490 e. The van der Waals surface area contributed by atoms with Crippen molar-refractivity contribution in [2.75, 3.05) is 52.4 Å². The summed E-state index contributed by atoms with van der Waals surface area (Å²) < 4.78 is 49.8. The van der Waals surface area contributed by atoms with Crippen LogP contribution in [0.25, 0.3) is 34.0 Å². The largest absolute Gasteiger partial charge is 0.490 e. The molecule has 0 aliphatic carbocycles. The average molecular weight is 538 g/mol. The first kappa shape index (κ1) is 25.8. The maximum Gasteiger partial charge on any atom is 0.242 e. The highest BCUT2D eigenvalue weighted by Crippen LogP contribution is 2.33. The number of aromatic nitrogens is 3. The van der Waals surface area contributed by atoms with Crippen molar-refractivity contribution in [2.24, 2.45) is 0 Å². The molecule has 2 N–H and O–H groups in total. The molecule has 12 heteroatoms. The summed E-state index contributed by atoms with van der Waals surface area (Å²) >= 11 is 0. The molecule has 4 heterocycles. The first-order valence-electron chi connectivity index (χ1n) is 12.0. The van der Waals surface area contributed by atoms with E-state index in [2.05, 4.69) is 15.1 Å². The molecular weight excluding hydrogens is 510 g/mol. The van der Waals surface area contributed by atoms with Gasteiger partial charge in [0.25, 0.3) is 0 Å². The molecule has 38 heavy (non-hydrogen) atoms. The van der Waals surface area contributed by atoms with Crippen molar-refractivity contribution in [1.29, 1.82) is 0 Å². The van der Waals surface area contributed by atoms with Gasteiger partial charge in [-0.2, -0.15) is 4.31 Å². The second kappa shape index (κ2) is 11.3. The number of nitrogens with two attached hydrogens (primary N) is 1. The lowest BCUT2D eigenvalue weighted by Crippen LogP contribution is -2.30. The van der Waals surface area contributed by atoms with Crippen LogP contribution in [0.4, 0.5) is 5.82 Å². The van der Waals surface area contributed by atoms with Crippen LogP contribution in [0.5, 0.6) is 5.75 Å². The van der Waals surface area contributed by atoms with E-state index in [4.69, 9.17) is 24.5 Å². The quantitative estimate of drug-likeness (QED) is 0.332. The molecule has 11 nitrogen and oxygen atoms in total. The van der Waals surface area contributed by atoms with Gasteiger partial charge in [0, 0.05) is 30.8 Å². The van der Waals surface area contributed by atoms with Crippen LogP contribution in [0.15, 0.2) is 70.2 Å². The highest BCUT2D eigenvalue weighted by Gasteiger charge is 2.21. The molecule has 0 amide bonds. The molecular formula is C26H27N5O6S. The van der Waals surface area contributed by atoms with E-state index in [1.165, 1.54) is 29.7 Å². The summed E-state index contributed by atoms with van der Waals surface area (Å²) in [6, 6.07) is 15.6. The molecule has 4 aromatic rings.